The van der Waals surface area contributed by atoms with Gasteiger partial charge in [0.15, 0.2) is 0 Å². The van der Waals surface area contributed by atoms with E-state index in [1.54, 1.807) is 36.4 Å². The number of aryl methyl sites for hydroxylation is 1. The Morgan fingerprint density at radius 3 is 2.88 bits per heavy atom. The van der Waals surface area contributed by atoms with E-state index in [1.165, 1.54) is 6.07 Å². The van der Waals surface area contributed by atoms with E-state index in [0.717, 1.165) is 4.47 Å². The van der Waals surface area contributed by atoms with Gasteiger partial charge in [-0.3, -0.25) is 9.59 Å². The van der Waals surface area contributed by atoms with E-state index in [0.29, 0.717) is 28.7 Å². The number of carbonyl (C=O) groups excluding carboxylic acids is 1. The van der Waals surface area contributed by atoms with Crippen LogP contribution in [0, 0.1) is 5.82 Å². The molecule has 0 saturated carbocycles. The molecule has 1 amide bonds. The number of aromatic amines is 1. The predicted octanol–water partition coefficient (Wildman–Crippen LogP) is 3.07. The van der Waals surface area contributed by atoms with Crippen molar-refractivity contribution in [1.82, 2.24) is 15.3 Å². The highest BCUT2D eigenvalue weighted by Gasteiger charge is 2.08. The molecule has 0 fully saturated rings. The van der Waals surface area contributed by atoms with Gasteiger partial charge in [-0.1, -0.05) is 28.1 Å². The summed E-state index contributed by atoms with van der Waals surface area (Å²) in [7, 11) is 0. The van der Waals surface area contributed by atoms with E-state index in [-0.39, 0.29) is 30.2 Å². The highest BCUT2D eigenvalue weighted by molar-refractivity contribution is 9.10. The first-order valence-corrected chi connectivity index (χ1v) is 8.51. The van der Waals surface area contributed by atoms with Crippen molar-refractivity contribution in [2.45, 2.75) is 19.4 Å². The molecule has 7 heteroatoms. The molecule has 2 N–H and O–H groups in total. The summed E-state index contributed by atoms with van der Waals surface area (Å²) in [5.41, 5.74) is 0.773. The van der Waals surface area contributed by atoms with Gasteiger partial charge >= 0.3 is 0 Å². The molecule has 0 atom stereocenters. The molecule has 0 unspecified atom stereocenters. The van der Waals surface area contributed by atoms with Crippen LogP contribution in [0.2, 0.25) is 0 Å². The maximum atomic E-state index is 13.6. The Morgan fingerprint density at radius 2 is 2.04 bits per heavy atom. The zero-order valence-corrected chi connectivity index (χ0v) is 14.8. The number of halogens is 2. The van der Waals surface area contributed by atoms with Crippen molar-refractivity contribution >= 4 is 32.7 Å². The minimum Gasteiger partial charge on any atom is -0.352 e. The zero-order valence-electron chi connectivity index (χ0n) is 13.2. The number of carbonyl (C=O) groups is 1. The lowest BCUT2D eigenvalue weighted by Crippen LogP contribution is -2.24. The smallest absolute Gasteiger partial charge is 0.258 e. The zero-order chi connectivity index (χ0) is 17.8. The van der Waals surface area contributed by atoms with Gasteiger partial charge in [0.05, 0.1) is 10.9 Å². The quantitative estimate of drug-likeness (QED) is 0.687. The number of benzene rings is 2. The van der Waals surface area contributed by atoms with Gasteiger partial charge in [0.1, 0.15) is 11.6 Å². The fourth-order valence-electron chi connectivity index (χ4n) is 2.45. The van der Waals surface area contributed by atoms with E-state index in [2.05, 4.69) is 31.2 Å². The highest BCUT2D eigenvalue weighted by atomic mass is 79.9. The fraction of sp³-hybridized carbons (Fsp3) is 0.167. The van der Waals surface area contributed by atoms with E-state index < -0.39 is 0 Å². The second-order valence-corrected chi connectivity index (χ2v) is 6.46. The first-order chi connectivity index (χ1) is 12.0. The molecule has 2 aromatic carbocycles. The summed E-state index contributed by atoms with van der Waals surface area (Å²) in [6.07, 6.45) is 0.448. The monoisotopic (exact) mass is 403 g/mol. The summed E-state index contributed by atoms with van der Waals surface area (Å²) in [5, 5.41) is 3.18. The van der Waals surface area contributed by atoms with E-state index >= 15 is 0 Å². The number of hydrogen-bond donors (Lipinski definition) is 2. The Kier molecular flexibility index (Phi) is 5.23. The molecule has 0 radical (unpaired) electrons. The Hall–Kier alpha value is -2.54. The molecule has 128 valence electrons. The molecule has 0 spiro atoms. The first kappa shape index (κ1) is 17.3. The lowest BCUT2D eigenvalue weighted by Gasteiger charge is -2.07. The molecule has 5 nitrogen and oxygen atoms in total. The standard InChI is InChI=1S/C18H15BrFN3O2/c19-12-5-6-14(20)11(9-12)10-21-17(24)8-7-16-22-15-4-2-1-3-13(15)18(25)23-16/h1-6,9H,7-8,10H2,(H,21,24)(H,22,23,25). The van der Waals surface area contributed by atoms with Crippen LogP contribution in [-0.2, 0) is 17.8 Å². The molecule has 0 bridgehead atoms. The summed E-state index contributed by atoms with van der Waals surface area (Å²) in [6, 6.07) is 11.6. The van der Waals surface area contributed by atoms with Crippen LogP contribution in [0.4, 0.5) is 4.39 Å². The second-order valence-electron chi connectivity index (χ2n) is 5.54. The third-order valence-corrected chi connectivity index (χ3v) is 4.23. The van der Waals surface area contributed by atoms with Crippen molar-refractivity contribution in [2.24, 2.45) is 0 Å². The van der Waals surface area contributed by atoms with Crippen molar-refractivity contribution in [2.75, 3.05) is 0 Å². The van der Waals surface area contributed by atoms with Crippen LogP contribution in [0.3, 0.4) is 0 Å². The third kappa shape index (κ3) is 4.30. The Balaban J connectivity index is 1.61. The molecule has 0 aliphatic carbocycles. The lowest BCUT2D eigenvalue weighted by atomic mass is 10.2. The molecule has 1 heterocycles. The van der Waals surface area contributed by atoms with Crippen LogP contribution in [0.25, 0.3) is 10.9 Å². The molecule has 0 saturated heterocycles. The number of nitrogens with zero attached hydrogens (tertiary/aromatic N) is 1. The number of aromatic nitrogens is 2. The Morgan fingerprint density at radius 1 is 1.24 bits per heavy atom. The molecule has 3 aromatic rings. The van der Waals surface area contributed by atoms with Crippen LogP contribution in [0.15, 0.2) is 51.7 Å². The first-order valence-electron chi connectivity index (χ1n) is 7.71. The highest BCUT2D eigenvalue weighted by Crippen LogP contribution is 2.15. The number of H-pyrrole nitrogens is 1. The van der Waals surface area contributed by atoms with Gasteiger partial charge in [0, 0.05) is 29.4 Å². The van der Waals surface area contributed by atoms with Crippen molar-refractivity contribution in [3.8, 4) is 0 Å². The molecule has 0 aliphatic heterocycles. The van der Waals surface area contributed by atoms with Gasteiger partial charge in [-0.05, 0) is 30.3 Å². The van der Waals surface area contributed by atoms with Gasteiger partial charge in [0.25, 0.3) is 5.56 Å². The van der Waals surface area contributed by atoms with Crippen LogP contribution >= 0.6 is 15.9 Å². The predicted molar refractivity (Wildman–Crippen MR) is 96.6 cm³/mol. The number of hydrogen-bond acceptors (Lipinski definition) is 3. The van der Waals surface area contributed by atoms with Crippen LogP contribution in [0.1, 0.15) is 17.8 Å². The summed E-state index contributed by atoms with van der Waals surface area (Å²) in [6.45, 7) is 0.103. The summed E-state index contributed by atoms with van der Waals surface area (Å²) < 4.78 is 14.4. The van der Waals surface area contributed by atoms with E-state index in [9.17, 15) is 14.0 Å². The van der Waals surface area contributed by atoms with Gasteiger partial charge in [-0.2, -0.15) is 0 Å². The van der Waals surface area contributed by atoms with E-state index in [4.69, 9.17) is 0 Å². The van der Waals surface area contributed by atoms with Gasteiger partial charge < -0.3 is 10.3 Å². The largest absolute Gasteiger partial charge is 0.352 e. The van der Waals surface area contributed by atoms with Crippen molar-refractivity contribution in [1.29, 1.82) is 0 Å². The molecule has 25 heavy (non-hydrogen) atoms. The summed E-state index contributed by atoms with van der Waals surface area (Å²) in [4.78, 5) is 31.0. The van der Waals surface area contributed by atoms with E-state index in [1.807, 2.05) is 0 Å². The molecular formula is C18H15BrFN3O2. The molecule has 1 aromatic heterocycles. The fourth-order valence-corrected chi connectivity index (χ4v) is 2.85. The number of para-hydroxylation sites is 1. The minimum atomic E-state index is -0.371. The average molecular weight is 404 g/mol. The molecule has 3 rings (SSSR count). The normalized spacial score (nSPS) is 10.8. The topological polar surface area (TPSA) is 74.8 Å². The maximum absolute atomic E-state index is 13.6. The summed E-state index contributed by atoms with van der Waals surface area (Å²) >= 11 is 3.27. The lowest BCUT2D eigenvalue weighted by molar-refractivity contribution is -0.121. The van der Waals surface area contributed by atoms with Crippen LogP contribution in [-0.4, -0.2) is 15.9 Å². The average Bonchev–Trinajstić information content (AvgIpc) is 2.61. The minimum absolute atomic E-state index is 0.103. The molecular weight excluding hydrogens is 389 g/mol. The van der Waals surface area contributed by atoms with Gasteiger partial charge in [-0.25, -0.2) is 9.37 Å². The van der Waals surface area contributed by atoms with Gasteiger partial charge in [-0.15, -0.1) is 0 Å². The number of amides is 1. The molecule has 0 aliphatic rings. The van der Waals surface area contributed by atoms with Gasteiger partial charge in [0.2, 0.25) is 5.91 Å². The van der Waals surface area contributed by atoms with Crippen molar-refractivity contribution in [3.05, 3.63) is 74.5 Å². The number of rotatable bonds is 5. The maximum Gasteiger partial charge on any atom is 0.258 e. The SMILES string of the molecule is O=C(CCc1nc2ccccc2c(=O)[nH]1)NCc1cc(Br)ccc1F. The van der Waals surface area contributed by atoms with Crippen molar-refractivity contribution in [3.63, 3.8) is 0 Å². The Bertz CT molecular complexity index is 987. The third-order valence-electron chi connectivity index (χ3n) is 3.73. The van der Waals surface area contributed by atoms with Crippen LogP contribution < -0.4 is 10.9 Å². The second kappa shape index (κ2) is 7.57. The Labute approximate surface area is 151 Å². The van der Waals surface area contributed by atoms with Crippen LogP contribution in [0.5, 0.6) is 0 Å². The van der Waals surface area contributed by atoms with Crippen molar-refractivity contribution < 1.29 is 9.18 Å². The summed E-state index contributed by atoms with van der Waals surface area (Å²) in [5.74, 6) is -0.160. The number of nitrogens with one attached hydrogen (secondary N) is 2. The number of fused-ring (bicyclic) bond motifs is 1.